The summed E-state index contributed by atoms with van der Waals surface area (Å²) in [6.07, 6.45) is 1.52. The van der Waals surface area contributed by atoms with Crippen LogP contribution in [0.25, 0.3) is 11.3 Å². The van der Waals surface area contributed by atoms with Gasteiger partial charge in [-0.25, -0.2) is 9.97 Å². The molecule has 0 fully saturated rings. The normalized spacial score (nSPS) is 11.4. The zero-order valence-electron chi connectivity index (χ0n) is 18.6. The molecule has 32 heavy (non-hydrogen) atoms. The van der Waals surface area contributed by atoms with Gasteiger partial charge in [0.1, 0.15) is 17.9 Å². The number of hydrogen-bond acceptors (Lipinski definition) is 6. The number of amides is 2. The van der Waals surface area contributed by atoms with Crippen molar-refractivity contribution in [3.05, 3.63) is 66.0 Å². The molecule has 2 amide bonds. The maximum atomic E-state index is 11.9. The van der Waals surface area contributed by atoms with Gasteiger partial charge in [0, 0.05) is 49.3 Å². The first-order chi connectivity index (χ1) is 15.4. The number of nitrogens with zero attached hydrogens (tertiary/aromatic N) is 2. The number of hydrogen-bond donors (Lipinski definition) is 3. The van der Waals surface area contributed by atoms with E-state index in [1.165, 1.54) is 13.3 Å². The first kappa shape index (κ1) is 22.7. The molecule has 1 atom stereocenters. The molecule has 0 bridgehead atoms. The Balaban J connectivity index is 1.70. The molecule has 0 spiro atoms. The fourth-order valence-corrected chi connectivity index (χ4v) is 3.31. The summed E-state index contributed by atoms with van der Waals surface area (Å²) in [5.41, 5.74) is 3.98. The Bertz CT molecular complexity index is 1100. The molecule has 0 aliphatic heterocycles. The Kier molecular flexibility index (Phi) is 7.38. The molecule has 0 saturated carbocycles. The average molecular weight is 434 g/mol. The molecule has 8 heteroatoms. The Labute approximate surface area is 187 Å². The molecule has 1 heterocycles. The van der Waals surface area contributed by atoms with E-state index in [1.807, 2.05) is 36.4 Å². The highest BCUT2D eigenvalue weighted by molar-refractivity contribution is 5.94. The van der Waals surface area contributed by atoms with E-state index in [1.54, 1.807) is 26.3 Å². The Morgan fingerprint density at radius 1 is 1.06 bits per heavy atom. The van der Waals surface area contributed by atoms with Crippen molar-refractivity contribution in [1.29, 1.82) is 0 Å². The lowest BCUT2D eigenvalue weighted by Crippen LogP contribution is -2.18. The van der Waals surface area contributed by atoms with Crippen molar-refractivity contribution >= 4 is 23.3 Å². The second kappa shape index (κ2) is 10.4. The highest BCUT2D eigenvalue weighted by atomic mass is 16.5. The topological polar surface area (TPSA) is 105 Å². The van der Waals surface area contributed by atoms with Crippen molar-refractivity contribution in [2.75, 3.05) is 31.3 Å². The number of carbonyl (C=O) groups is 2. The van der Waals surface area contributed by atoms with Crippen molar-refractivity contribution in [1.82, 2.24) is 15.3 Å². The average Bonchev–Trinajstić information content (AvgIpc) is 2.81. The molecule has 166 valence electrons. The molecule has 3 aromatic rings. The van der Waals surface area contributed by atoms with Crippen LogP contribution in [-0.4, -0.2) is 42.5 Å². The van der Waals surface area contributed by atoms with Crippen molar-refractivity contribution in [2.45, 2.75) is 19.8 Å². The van der Waals surface area contributed by atoms with Crippen LogP contribution in [0, 0.1) is 0 Å². The number of carbonyl (C=O) groups excluding carboxylic acids is 2. The second-order valence-corrected chi connectivity index (χ2v) is 7.36. The summed E-state index contributed by atoms with van der Waals surface area (Å²) in [6.45, 7) is 4.17. The van der Waals surface area contributed by atoms with Gasteiger partial charge in [0.2, 0.25) is 5.91 Å². The molecule has 0 aliphatic rings. The quantitative estimate of drug-likeness (QED) is 0.500. The summed E-state index contributed by atoms with van der Waals surface area (Å²) in [5, 5.41) is 8.71. The number of aromatic nitrogens is 2. The molecule has 0 unspecified atom stereocenters. The third kappa shape index (κ3) is 5.60. The van der Waals surface area contributed by atoms with E-state index >= 15 is 0 Å². The maximum Gasteiger partial charge on any atom is 0.251 e. The first-order valence-electron chi connectivity index (χ1n) is 10.2. The number of benzene rings is 2. The molecule has 0 radical (unpaired) electrons. The molecule has 3 rings (SSSR count). The summed E-state index contributed by atoms with van der Waals surface area (Å²) in [4.78, 5) is 31.7. The summed E-state index contributed by atoms with van der Waals surface area (Å²) < 4.78 is 5.50. The lowest BCUT2D eigenvalue weighted by atomic mass is 9.98. The molecular formula is C24H27N5O3. The minimum absolute atomic E-state index is 0.110. The van der Waals surface area contributed by atoms with E-state index in [9.17, 15) is 9.59 Å². The lowest BCUT2D eigenvalue weighted by molar-refractivity contribution is -0.114. The zero-order valence-corrected chi connectivity index (χ0v) is 18.6. The van der Waals surface area contributed by atoms with Crippen LogP contribution in [0.4, 0.5) is 11.5 Å². The molecule has 2 aromatic carbocycles. The maximum absolute atomic E-state index is 11.9. The van der Waals surface area contributed by atoms with Crippen LogP contribution in [0.3, 0.4) is 0 Å². The SMILES string of the molecule is CNC(=O)c1ccc([C@H](C)CNc2cc(-c3ccc(NC(C)=O)cc3)ncn2)c(OC)c1. The van der Waals surface area contributed by atoms with Crippen molar-refractivity contribution in [3.8, 4) is 17.0 Å². The van der Waals surface area contributed by atoms with E-state index in [0.29, 0.717) is 23.7 Å². The van der Waals surface area contributed by atoms with Gasteiger partial charge in [-0.2, -0.15) is 0 Å². The van der Waals surface area contributed by atoms with Gasteiger partial charge in [0.05, 0.1) is 12.8 Å². The number of ether oxygens (including phenoxy) is 1. The predicted molar refractivity (Wildman–Crippen MR) is 125 cm³/mol. The third-order valence-corrected chi connectivity index (χ3v) is 5.01. The van der Waals surface area contributed by atoms with Crippen LogP contribution < -0.4 is 20.7 Å². The minimum Gasteiger partial charge on any atom is -0.496 e. The standard InChI is InChI=1S/C24H27N5O3/c1-15(20-10-7-18(24(31)25-3)11-22(20)32-4)13-26-23-12-21(27-14-28-23)17-5-8-19(9-6-17)29-16(2)30/h5-12,14-15H,13H2,1-4H3,(H,25,31)(H,29,30)(H,26,27,28)/t15-/m1/s1. The summed E-state index contributed by atoms with van der Waals surface area (Å²) in [7, 11) is 3.20. The van der Waals surface area contributed by atoms with Crippen LogP contribution in [0.15, 0.2) is 54.9 Å². The van der Waals surface area contributed by atoms with Gasteiger partial charge in [-0.1, -0.05) is 25.1 Å². The fraction of sp³-hybridized carbons (Fsp3) is 0.250. The number of anilines is 2. The third-order valence-electron chi connectivity index (χ3n) is 5.01. The molecule has 3 N–H and O–H groups in total. The van der Waals surface area contributed by atoms with Gasteiger partial charge >= 0.3 is 0 Å². The van der Waals surface area contributed by atoms with E-state index in [0.717, 1.165) is 22.5 Å². The monoisotopic (exact) mass is 433 g/mol. The molecular weight excluding hydrogens is 406 g/mol. The Morgan fingerprint density at radius 2 is 1.81 bits per heavy atom. The smallest absolute Gasteiger partial charge is 0.251 e. The molecule has 1 aromatic heterocycles. The van der Waals surface area contributed by atoms with E-state index < -0.39 is 0 Å². The van der Waals surface area contributed by atoms with Gasteiger partial charge in [0.15, 0.2) is 0 Å². The lowest BCUT2D eigenvalue weighted by Gasteiger charge is -2.17. The van der Waals surface area contributed by atoms with Gasteiger partial charge < -0.3 is 20.7 Å². The Hall–Kier alpha value is -3.94. The van der Waals surface area contributed by atoms with Crippen LogP contribution >= 0.6 is 0 Å². The highest BCUT2D eigenvalue weighted by Crippen LogP contribution is 2.28. The molecule has 0 aliphatic carbocycles. The Morgan fingerprint density at radius 3 is 2.47 bits per heavy atom. The second-order valence-electron chi connectivity index (χ2n) is 7.36. The molecule has 0 saturated heterocycles. The van der Waals surface area contributed by atoms with E-state index in [4.69, 9.17) is 4.74 Å². The predicted octanol–water partition coefficient (Wildman–Crippen LogP) is 3.69. The van der Waals surface area contributed by atoms with Crippen LogP contribution in [0.1, 0.15) is 35.7 Å². The highest BCUT2D eigenvalue weighted by Gasteiger charge is 2.15. The van der Waals surface area contributed by atoms with E-state index in [2.05, 4.69) is 32.8 Å². The van der Waals surface area contributed by atoms with Crippen molar-refractivity contribution in [3.63, 3.8) is 0 Å². The number of methoxy groups -OCH3 is 1. The van der Waals surface area contributed by atoms with Gasteiger partial charge in [-0.3, -0.25) is 9.59 Å². The largest absolute Gasteiger partial charge is 0.496 e. The van der Waals surface area contributed by atoms with Crippen LogP contribution in [0.5, 0.6) is 5.75 Å². The van der Waals surface area contributed by atoms with Gasteiger partial charge in [-0.15, -0.1) is 0 Å². The van der Waals surface area contributed by atoms with Crippen LogP contribution in [0.2, 0.25) is 0 Å². The number of rotatable bonds is 8. The van der Waals surface area contributed by atoms with Gasteiger partial charge in [0.25, 0.3) is 5.91 Å². The zero-order chi connectivity index (χ0) is 23.1. The summed E-state index contributed by atoms with van der Waals surface area (Å²) in [6, 6.07) is 14.8. The van der Waals surface area contributed by atoms with Crippen molar-refractivity contribution in [2.24, 2.45) is 0 Å². The van der Waals surface area contributed by atoms with Crippen molar-refractivity contribution < 1.29 is 14.3 Å². The molecule has 8 nitrogen and oxygen atoms in total. The van der Waals surface area contributed by atoms with E-state index in [-0.39, 0.29) is 17.7 Å². The summed E-state index contributed by atoms with van der Waals surface area (Å²) in [5.74, 6) is 1.22. The van der Waals surface area contributed by atoms with Crippen LogP contribution in [-0.2, 0) is 4.79 Å². The summed E-state index contributed by atoms with van der Waals surface area (Å²) >= 11 is 0. The number of nitrogens with one attached hydrogen (secondary N) is 3. The fourth-order valence-electron chi connectivity index (χ4n) is 3.31. The first-order valence-corrected chi connectivity index (χ1v) is 10.2. The van der Waals surface area contributed by atoms with Gasteiger partial charge in [-0.05, 0) is 29.8 Å². The minimum atomic E-state index is -0.153.